The number of nitrogens with two attached hydrogens (primary N) is 1. The van der Waals surface area contributed by atoms with Gasteiger partial charge in [0.05, 0.1) is 6.33 Å². The molecular weight excluding hydrogens is 212 g/mol. The van der Waals surface area contributed by atoms with Crippen LogP contribution in [0.15, 0.2) is 43.0 Å². The maximum absolute atomic E-state index is 5.72. The molecule has 0 aliphatic heterocycles. The van der Waals surface area contributed by atoms with Crippen LogP contribution in [0.4, 0.5) is 5.69 Å². The van der Waals surface area contributed by atoms with Crippen LogP contribution in [0, 0.1) is 0 Å². The maximum Gasteiger partial charge on any atom is 0.0945 e. The molecule has 0 fully saturated rings. The Morgan fingerprint density at radius 3 is 3.06 bits per heavy atom. The predicted octanol–water partition coefficient (Wildman–Crippen LogP) is 1.65. The lowest BCUT2D eigenvalue weighted by Crippen LogP contribution is -2.16. The molecule has 0 spiro atoms. The van der Waals surface area contributed by atoms with Gasteiger partial charge in [-0.1, -0.05) is 12.1 Å². The zero-order valence-corrected chi connectivity index (χ0v) is 9.84. The minimum Gasteiger partial charge on any atom is -0.399 e. The Morgan fingerprint density at radius 1 is 1.35 bits per heavy atom. The monoisotopic (exact) mass is 230 g/mol. The SMILES string of the molecule is Nc1cccc(CNCCCn2ccnc2)c1. The summed E-state index contributed by atoms with van der Waals surface area (Å²) < 4.78 is 2.09. The van der Waals surface area contributed by atoms with E-state index in [2.05, 4.69) is 20.9 Å². The lowest BCUT2D eigenvalue weighted by Gasteiger charge is -2.06. The molecule has 1 aromatic carbocycles. The fourth-order valence-corrected chi connectivity index (χ4v) is 1.74. The Morgan fingerprint density at radius 2 is 2.29 bits per heavy atom. The average Bonchev–Trinajstić information content (AvgIpc) is 2.82. The van der Waals surface area contributed by atoms with Crippen LogP contribution >= 0.6 is 0 Å². The van der Waals surface area contributed by atoms with Crippen molar-refractivity contribution in [3.8, 4) is 0 Å². The Bertz CT molecular complexity index is 436. The predicted molar refractivity (Wildman–Crippen MR) is 69.4 cm³/mol. The van der Waals surface area contributed by atoms with Gasteiger partial charge < -0.3 is 15.6 Å². The van der Waals surface area contributed by atoms with Crippen molar-refractivity contribution in [1.29, 1.82) is 0 Å². The highest BCUT2D eigenvalue weighted by atomic mass is 15.0. The number of hydrogen-bond acceptors (Lipinski definition) is 3. The van der Waals surface area contributed by atoms with Crippen LogP contribution in [0.2, 0.25) is 0 Å². The second kappa shape index (κ2) is 6.06. The van der Waals surface area contributed by atoms with Crippen molar-refractivity contribution in [3.05, 3.63) is 48.5 Å². The summed E-state index contributed by atoms with van der Waals surface area (Å²) in [7, 11) is 0. The smallest absolute Gasteiger partial charge is 0.0945 e. The minimum absolute atomic E-state index is 0.822. The molecule has 0 atom stereocenters. The summed E-state index contributed by atoms with van der Waals surface area (Å²) >= 11 is 0. The Hall–Kier alpha value is -1.81. The normalized spacial score (nSPS) is 10.6. The number of benzene rings is 1. The number of nitrogens with one attached hydrogen (secondary N) is 1. The van der Waals surface area contributed by atoms with E-state index in [1.165, 1.54) is 5.56 Å². The van der Waals surface area contributed by atoms with Crippen molar-refractivity contribution in [3.63, 3.8) is 0 Å². The van der Waals surface area contributed by atoms with Gasteiger partial charge in [-0.05, 0) is 30.7 Å². The van der Waals surface area contributed by atoms with Crippen molar-refractivity contribution >= 4 is 5.69 Å². The molecular formula is C13H18N4. The van der Waals surface area contributed by atoms with Crippen LogP contribution in [0.5, 0.6) is 0 Å². The van der Waals surface area contributed by atoms with E-state index in [1.54, 1.807) is 6.20 Å². The van der Waals surface area contributed by atoms with Crippen LogP contribution in [0.25, 0.3) is 0 Å². The Kier molecular flexibility index (Phi) is 4.16. The molecule has 2 aromatic rings. The van der Waals surface area contributed by atoms with Gasteiger partial charge in [0, 0.05) is 31.2 Å². The second-order valence-corrected chi connectivity index (χ2v) is 4.08. The largest absolute Gasteiger partial charge is 0.399 e. The number of nitrogens with zero attached hydrogens (tertiary/aromatic N) is 2. The molecule has 0 unspecified atom stereocenters. The van der Waals surface area contributed by atoms with E-state index in [1.807, 2.05) is 30.7 Å². The molecule has 0 aliphatic carbocycles. The third-order valence-electron chi connectivity index (χ3n) is 2.61. The molecule has 0 bridgehead atoms. The molecule has 0 radical (unpaired) electrons. The van der Waals surface area contributed by atoms with E-state index < -0.39 is 0 Å². The number of anilines is 1. The third kappa shape index (κ3) is 3.92. The first-order valence-electron chi connectivity index (χ1n) is 5.85. The summed E-state index contributed by atoms with van der Waals surface area (Å²) in [5.74, 6) is 0. The van der Waals surface area contributed by atoms with Gasteiger partial charge in [-0.15, -0.1) is 0 Å². The molecule has 0 amide bonds. The number of aromatic nitrogens is 2. The van der Waals surface area contributed by atoms with Gasteiger partial charge in [0.15, 0.2) is 0 Å². The van der Waals surface area contributed by atoms with Crippen molar-refractivity contribution in [2.75, 3.05) is 12.3 Å². The Balaban J connectivity index is 1.63. The highest BCUT2D eigenvalue weighted by molar-refractivity contribution is 5.40. The van der Waals surface area contributed by atoms with Crippen molar-refractivity contribution in [2.45, 2.75) is 19.5 Å². The number of rotatable bonds is 6. The topological polar surface area (TPSA) is 55.9 Å². The second-order valence-electron chi connectivity index (χ2n) is 4.08. The summed E-state index contributed by atoms with van der Waals surface area (Å²) in [4.78, 5) is 4.01. The van der Waals surface area contributed by atoms with E-state index in [9.17, 15) is 0 Å². The molecule has 4 nitrogen and oxygen atoms in total. The molecule has 0 saturated heterocycles. The van der Waals surface area contributed by atoms with Gasteiger partial charge in [0.25, 0.3) is 0 Å². The summed E-state index contributed by atoms with van der Waals surface area (Å²) in [5.41, 5.74) is 7.77. The van der Waals surface area contributed by atoms with Crippen LogP contribution in [-0.2, 0) is 13.1 Å². The Labute approximate surface area is 101 Å². The van der Waals surface area contributed by atoms with Crippen molar-refractivity contribution in [1.82, 2.24) is 14.9 Å². The molecule has 17 heavy (non-hydrogen) atoms. The summed E-state index contributed by atoms with van der Waals surface area (Å²) in [6.45, 7) is 2.87. The first kappa shape index (κ1) is 11.7. The van der Waals surface area contributed by atoms with E-state index in [4.69, 9.17) is 5.73 Å². The summed E-state index contributed by atoms with van der Waals surface area (Å²) in [6, 6.07) is 7.97. The molecule has 2 rings (SSSR count). The fourth-order valence-electron chi connectivity index (χ4n) is 1.74. The van der Waals surface area contributed by atoms with Crippen LogP contribution < -0.4 is 11.1 Å². The van der Waals surface area contributed by atoms with Crippen LogP contribution in [0.1, 0.15) is 12.0 Å². The average molecular weight is 230 g/mol. The molecule has 1 aromatic heterocycles. The van der Waals surface area contributed by atoms with E-state index in [-0.39, 0.29) is 0 Å². The maximum atomic E-state index is 5.72. The summed E-state index contributed by atoms with van der Waals surface area (Å²) in [6.07, 6.45) is 6.73. The number of aryl methyl sites for hydroxylation is 1. The summed E-state index contributed by atoms with van der Waals surface area (Å²) in [5, 5.41) is 3.40. The van der Waals surface area contributed by atoms with E-state index in [0.717, 1.165) is 31.7 Å². The zero-order valence-electron chi connectivity index (χ0n) is 9.84. The van der Waals surface area contributed by atoms with E-state index >= 15 is 0 Å². The van der Waals surface area contributed by atoms with Gasteiger partial charge in [-0.25, -0.2) is 4.98 Å². The van der Waals surface area contributed by atoms with Crippen LogP contribution in [-0.4, -0.2) is 16.1 Å². The first-order chi connectivity index (χ1) is 8.34. The van der Waals surface area contributed by atoms with Gasteiger partial charge in [-0.2, -0.15) is 0 Å². The minimum atomic E-state index is 0.822. The molecule has 0 aliphatic rings. The van der Waals surface area contributed by atoms with Crippen molar-refractivity contribution in [2.24, 2.45) is 0 Å². The molecule has 1 heterocycles. The van der Waals surface area contributed by atoms with Gasteiger partial charge in [0.2, 0.25) is 0 Å². The lowest BCUT2D eigenvalue weighted by atomic mass is 10.2. The van der Waals surface area contributed by atoms with Gasteiger partial charge >= 0.3 is 0 Å². The third-order valence-corrected chi connectivity index (χ3v) is 2.61. The molecule has 0 saturated carbocycles. The van der Waals surface area contributed by atoms with E-state index in [0.29, 0.717) is 0 Å². The number of imidazole rings is 1. The molecule has 3 N–H and O–H groups in total. The van der Waals surface area contributed by atoms with Gasteiger partial charge in [0.1, 0.15) is 0 Å². The lowest BCUT2D eigenvalue weighted by molar-refractivity contribution is 0.581. The number of hydrogen-bond donors (Lipinski definition) is 2. The number of nitrogen functional groups attached to an aromatic ring is 1. The standard InChI is InChI=1S/C13H18N4/c14-13-4-1-3-12(9-13)10-15-5-2-7-17-8-6-16-11-17/h1,3-4,6,8-9,11,15H,2,5,7,10,14H2. The first-order valence-corrected chi connectivity index (χ1v) is 5.85. The van der Waals surface area contributed by atoms with Crippen LogP contribution in [0.3, 0.4) is 0 Å². The molecule has 90 valence electrons. The highest BCUT2D eigenvalue weighted by Crippen LogP contribution is 2.05. The quantitative estimate of drug-likeness (QED) is 0.586. The van der Waals surface area contributed by atoms with Gasteiger partial charge in [-0.3, -0.25) is 0 Å². The van der Waals surface area contributed by atoms with Crippen molar-refractivity contribution < 1.29 is 0 Å². The fraction of sp³-hybridized carbons (Fsp3) is 0.308. The highest BCUT2D eigenvalue weighted by Gasteiger charge is 1.94. The zero-order chi connectivity index (χ0) is 11.9. The molecule has 4 heteroatoms.